The number of ether oxygens (including phenoxy) is 1. The fourth-order valence-corrected chi connectivity index (χ4v) is 2.71. The molecule has 0 bridgehead atoms. The van der Waals surface area contributed by atoms with Crippen LogP contribution in [0.15, 0.2) is 0 Å². The quantitative estimate of drug-likeness (QED) is 0.693. The van der Waals surface area contributed by atoms with E-state index < -0.39 is 0 Å². The van der Waals surface area contributed by atoms with Gasteiger partial charge in [-0.2, -0.15) is 0 Å². The summed E-state index contributed by atoms with van der Waals surface area (Å²) in [5.74, 6) is 0. The predicted octanol–water partition coefficient (Wildman–Crippen LogP) is 2.26. The van der Waals surface area contributed by atoms with Gasteiger partial charge in [-0.15, -0.1) is 0 Å². The highest BCUT2D eigenvalue weighted by molar-refractivity contribution is 4.81. The first-order valence-electron chi connectivity index (χ1n) is 7.27. The smallest absolute Gasteiger partial charge is 0.0678 e. The number of rotatable bonds is 7. The fourth-order valence-electron chi connectivity index (χ4n) is 2.71. The van der Waals surface area contributed by atoms with E-state index in [2.05, 4.69) is 37.9 Å². The minimum absolute atomic E-state index is 0.379. The van der Waals surface area contributed by atoms with Gasteiger partial charge in [-0.1, -0.05) is 20.3 Å². The van der Waals surface area contributed by atoms with Crippen LogP contribution in [-0.2, 0) is 4.74 Å². The summed E-state index contributed by atoms with van der Waals surface area (Å²) in [7, 11) is 0. The molecule has 0 spiro atoms. The lowest BCUT2D eigenvalue weighted by atomic mass is 10.1. The Morgan fingerprint density at radius 2 is 1.82 bits per heavy atom. The van der Waals surface area contributed by atoms with Crippen LogP contribution < -0.4 is 5.32 Å². The Balaban J connectivity index is 2.43. The van der Waals surface area contributed by atoms with E-state index in [-0.39, 0.29) is 0 Å². The van der Waals surface area contributed by atoms with Crippen LogP contribution in [0.1, 0.15) is 47.0 Å². The average Bonchev–Trinajstić information content (AvgIpc) is 2.27. The largest absolute Gasteiger partial charge is 0.373 e. The molecule has 1 heterocycles. The molecule has 0 aromatic carbocycles. The molecule has 1 fully saturated rings. The first kappa shape index (κ1) is 14.9. The monoisotopic (exact) mass is 242 g/mol. The minimum atomic E-state index is 0.379. The van der Waals surface area contributed by atoms with Gasteiger partial charge in [-0.25, -0.2) is 0 Å². The van der Waals surface area contributed by atoms with Crippen LogP contribution in [0.3, 0.4) is 0 Å². The van der Waals surface area contributed by atoms with E-state index in [1.165, 1.54) is 19.3 Å². The van der Waals surface area contributed by atoms with Crippen LogP contribution in [0.25, 0.3) is 0 Å². The molecule has 0 aromatic heterocycles. The van der Waals surface area contributed by atoms with E-state index in [9.17, 15) is 0 Å². The van der Waals surface area contributed by atoms with Crippen molar-refractivity contribution in [2.75, 3.05) is 26.2 Å². The number of nitrogens with zero attached hydrogens (tertiary/aromatic N) is 1. The molecular weight excluding hydrogens is 212 g/mol. The predicted molar refractivity (Wildman–Crippen MR) is 73.4 cm³/mol. The first-order chi connectivity index (χ1) is 8.17. The van der Waals surface area contributed by atoms with Gasteiger partial charge in [0.05, 0.1) is 12.2 Å². The fraction of sp³-hybridized carbons (Fsp3) is 1.00. The lowest BCUT2D eigenvalue weighted by Gasteiger charge is -2.40. The van der Waals surface area contributed by atoms with Crippen molar-refractivity contribution in [3.63, 3.8) is 0 Å². The third-order valence-corrected chi connectivity index (χ3v) is 3.39. The summed E-state index contributed by atoms with van der Waals surface area (Å²) in [6.07, 6.45) is 4.53. The van der Waals surface area contributed by atoms with Crippen LogP contribution >= 0.6 is 0 Å². The third kappa shape index (κ3) is 5.36. The molecule has 1 unspecified atom stereocenters. The Morgan fingerprint density at radius 3 is 2.35 bits per heavy atom. The van der Waals surface area contributed by atoms with Gasteiger partial charge in [0, 0.05) is 25.7 Å². The molecule has 0 saturated carbocycles. The van der Waals surface area contributed by atoms with Gasteiger partial charge in [0.15, 0.2) is 0 Å². The Bertz CT molecular complexity index is 189. The Morgan fingerprint density at radius 1 is 1.18 bits per heavy atom. The van der Waals surface area contributed by atoms with Crippen LogP contribution in [0.4, 0.5) is 0 Å². The van der Waals surface area contributed by atoms with Gasteiger partial charge in [0.1, 0.15) is 0 Å². The first-order valence-corrected chi connectivity index (χ1v) is 7.27. The molecular formula is C14H30N2O. The van der Waals surface area contributed by atoms with Crippen molar-refractivity contribution in [2.24, 2.45) is 0 Å². The molecule has 1 aliphatic rings. The maximum Gasteiger partial charge on any atom is 0.0678 e. The molecule has 1 N–H and O–H groups in total. The maximum atomic E-state index is 5.81. The molecule has 0 amide bonds. The van der Waals surface area contributed by atoms with Crippen LogP contribution in [0.2, 0.25) is 0 Å². The van der Waals surface area contributed by atoms with Crippen molar-refractivity contribution in [3.8, 4) is 0 Å². The van der Waals surface area contributed by atoms with E-state index in [1.807, 2.05) is 0 Å². The van der Waals surface area contributed by atoms with E-state index in [4.69, 9.17) is 4.74 Å². The summed E-state index contributed by atoms with van der Waals surface area (Å²) in [5.41, 5.74) is 0. The summed E-state index contributed by atoms with van der Waals surface area (Å²) in [6.45, 7) is 13.3. The second kappa shape index (κ2) is 8.06. The molecule has 3 heteroatoms. The number of morpholine rings is 1. The van der Waals surface area contributed by atoms with Crippen molar-refractivity contribution in [1.29, 1.82) is 0 Å². The third-order valence-electron chi connectivity index (χ3n) is 3.39. The van der Waals surface area contributed by atoms with Crippen molar-refractivity contribution in [3.05, 3.63) is 0 Å². The van der Waals surface area contributed by atoms with Crippen molar-refractivity contribution >= 4 is 0 Å². The Kier molecular flexibility index (Phi) is 7.09. The van der Waals surface area contributed by atoms with E-state index in [0.29, 0.717) is 18.2 Å². The highest BCUT2D eigenvalue weighted by Crippen LogP contribution is 2.16. The summed E-state index contributed by atoms with van der Waals surface area (Å²) in [6, 6.07) is 0.681. The highest BCUT2D eigenvalue weighted by Gasteiger charge is 2.27. The summed E-state index contributed by atoms with van der Waals surface area (Å²) in [5, 5.41) is 3.56. The van der Waals surface area contributed by atoms with Crippen molar-refractivity contribution in [2.45, 2.75) is 65.2 Å². The van der Waals surface area contributed by atoms with Gasteiger partial charge < -0.3 is 10.1 Å². The number of nitrogens with one attached hydrogen (secondary N) is 1. The molecule has 0 radical (unpaired) electrons. The molecule has 3 nitrogen and oxygen atoms in total. The molecule has 0 aliphatic carbocycles. The molecule has 1 aliphatic heterocycles. The number of hydrogen-bond acceptors (Lipinski definition) is 3. The molecule has 0 aromatic rings. The topological polar surface area (TPSA) is 24.5 Å². The maximum absolute atomic E-state index is 5.81. The van der Waals surface area contributed by atoms with E-state index >= 15 is 0 Å². The highest BCUT2D eigenvalue weighted by atomic mass is 16.5. The van der Waals surface area contributed by atoms with Gasteiger partial charge in [-0.3, -0.25) is 4.90 Å². The summed E-state index contributed by atoms with van der Waals surface area (Å²) < 4.78 is 5.81. The van der Waals surface area contributed by atoms with Crippen LogP contribution in [0, 0.1) is 0 Å². The lowest BCUT2D eigenvalue weighted by molar-refractivity contribution is -0.0809. The van der Waals surface area contributed by atoms with Gasteiger partial charge in [-0.05, 0) is 33.2 Å². The minimum Gasteiger partial charge on any atom is -0.373 e. The Labute approximate surface area is 107 Å². The van der Waals surface area contributed by atoms with Gasteiger partial charge in [0.2, 0.25) is 0 Å². The zero-order valence-electron chi connectivity index (χ0n) is 12.0. The summed E-state index contributed by atoms with van der Waals surface area (Å²) in [4.78, 5) is 2.62. The van der Waals surface area contributed by atoms with E-state index in [0.717, 1.165) is 26.2 Å². The second-order valence-electron chi connectivity index (χ2n) is 5.36. The average molecular weight is 242 g/mol. The van der Waals surface area contributed by atoms with Crippen molar-refractivity contribution < 1.29 is 4.74 Å². The van der Waals surface area contributed by atoms with Crippen LogP contribution in [-0.4, -0.2) is 49.3 Å². The molecule has 102 valence electrons. The van der Waals surface area contributed by atoms with Gasteiger partial charge >= 0.3 is 0 Å². The lowest BCUT2D eigenvalue weighted by Crippen LogP contribution is -2.52. The van der Waals surface area contributed by atoms with Crippen molar-refractivity contribution in [1.82, 2.24) is 10.2 Å². The van der Waals surface area contributed by atoms with Gasteiger partial charge in [0.25, 0.3) is 0 Å². The number of hydrogen-bond donors (Lipinski definition) is 1. The molecule has 17 heavy (non-hydrogen) atoms. The molecule has 3 atom stereocenters. The molecule has 1 saturated heterocycles. The zero-order chi connectivity index (χ0) is 12.7. The Hall–Kier alpha value is -0.120. The summed E-state index contributed by atoms with van der Waals surface area (Å²) >= 11 is 0. The SMILES string of the molecule is CCCNCC(CCC)N1C[C@@H](C)O[C@@H](C)C1. The molecule has 1 rings (SSSR count). The van der Waals surface area contributed by atoms with Crippen LogP contribution in [0.5, 0.6) is 0 Å². The normalized spacial score (nSPS) is 28.2. The zero-order valence-corrected chi connectivity index (χ0v) is 12.0. The standard InChI is InChI=1S/C14H30N2O/c1-5-7-14(9-15-8-6-2)16-10-12(3)17-13(4)11-16/h12-15H,5-11H2,1-4H3/t12-,13+,14?. The van der Waals surface area contributed by atoms with E-state index in [1.54, 1.807) is 0 Å². The second-order valence-corrected chi connectivity index (χ2v) is 5.36.